The van der Waals surface area contributed by atoms with Crippen LogP contribution in [0.4, 0.5) is 0 Å². The Morgan fingerprint density at radius 3 is 2.63 bits per heavy atom. The topological polar surface area (TPSA) is 125 Å². The molecule has 2 aromatic heterocycles. The number of halogens is 1. The van der Waals surface area contributed by atoms with Crippen LogP contribution in [0.25, 0.3) is 33.5 Å². The lowest BCUT2D eigenvalue weighted by Crippen LogP contribution is -2.20. The van der Waals surface area contributed by atoms with Gasteiger partial charge in [0.05, 0.1) is 41.7 Å². The maximum absolute atomic E-state index is 13.5. The molecule has 0 radical (unpaired) electrons. The van der Waals surface area contributed by atoms with E-state index in [1.807, 2.05) is 6.07 Å². The van der Waals surface area contributed by atoms with E-state index in [9.17, 15) is 9.59 Å². The molecule has 0 atom stereocenters. The number of rotatable bonds is 8. The Morgan fingerprint density at radius 1 is 1.08 bits per heavy atom. The average Bonchev–Trinajstić information content (AvgIpc) is 3.36. The number of hydrogen-bond donors (Lipinski definition) is 1. The number of aromatic nitrogens is 2. The predicted molar refractivity (Wildman–Crippen MR) is 142 cm³/mol. The lowest BCUT2D eigenvalue weighted by molar-refractivity contribution is -0.139. The molecule has 0 aliphatic rings. The minimum Gasteiger partial charge on any atom is -0.496 e. The summed E-state index contributed by atoms with van der Waals surface area (Å²) in [5.74, 6) is 0.236. The quantitative estimate of drug-likeness (QED) is 0.281. The van der Waals surface area contributed by atoms with Crippen molar-refractivity contribution in [1.82, 2.24) is 9.66 Å². The highest BCUT2D eigenvalue weighted by Gasteiger charge is 2.18. The summed E-state index contributed by atoms with van der Waals surface area (Å²) < 4.78 is 23.2. The van der Waals surface area contributed by atoms with Crippen LogP contribution >= 0.6 is 11.6 Å². The van der Waals surface area contributed by atoms with E-state index in [0.717, 1.165) is 10.1 Å². The molecule has 192 valence electrons. The van der Waals surface area contributed by atoms with Crippen molar-refractivity contribution in [3.63, 3.8) is 0 Å². The number of benzene rings is 3. The third-order valence-electron chi connectivity index (χ3n) is 5.63. The first-order valence-corrected chi connectivity index (χ1v) is 11.6. The van der Waals surface area contributed by atoms with E-state index < -0.39 is 18.1 Å². The van der Waals surface area contributed by atoms with Gasteiger partial charge in [0.15, 0.2) is 23.9 Å². The molecule has 0 unspecified atom stereocenters. The number of furan rings is 1. The van der Waals surface area contributed by atoms with Gasteiger partial charge in [-0.15, -0.1) is 0 Å². The van der Waals surface area contributed by atoms with Crippen LogP contribution in [-0.2, 0) is 4.79 Å². The zero-order valence-electron chi connectivity index (χ0n) is 20.2. The lowest BCUT2D eigenvalue weighted by atomic mass is 10.2. The number of ether oxygens (including phenoxy) is 3. The number of carboxylic acids is 1. The van der Waals surface area contributed by atoms with E-state index in [4.69, 9.17) is 35.3 Å². The van der Waals surface area contributed by atoms with Gasteiger partial charge in [0.2, 0.25) is 5.82 Å². The average molecular weight is 534 g/mol. The van der Waals surface area contributed by atoms with Crippen molar-refractivity contribution in [3.05, 3.63) is 81.6 Å². The molecule has 1 N–H and O–H groups in total. The lowest BCUT2D eigenvalue weighted by Gasteiger charge is -2.12. The van der Waals surface area contributed by atoms with E-state index >= 15 is 0 Å². The maximum atomic E-state index is 13.5. The van der Waals surface area contributed by atoms with Crippen LogP contribution in [0.5, 0.6) is 17.2 Å². The molecule has 5 rings (SSSR count). The zero-order valence-corrected chi connectivity index (χ0v) is 20.9. The highest BCUT2D eigenvalue weighted by molar-refractivity contribution is 6.32. The van der Waals surface area contributed by atoms with E-state index in [1.165, 1.54) is 19.4 Å². The third-order valence-corrected chi connectivity index (χ3v) is 5.91. The number of para-hydroxylation sites is 1. The molecule has 0 fully saturated rings. The molecule has 0 amide bonds. The molecular formula is C27H20ClN3O7. The van der Waals surface area contributed by atoms with Crippen LogP contribution in [0.15, 0.2) is 75.0 Å². The maximum Gasteiger partial charge on any atom is 0.341 e. The largest absolute Gasteiger partial charge is 0.496 e. The van der Waals surface area contributed by atoms with Crippen LogP contribution in [0.1, 0.15) is 5.56 Å². The summed E-state index contributed by atoms with van der Waals surface area (Å²) in [6, 6.07) is 17.1. The van der Waals surface area contributed by atoms with Gasteiger partial charge in [-0.05, 0) is 48.0 Å². The van der Waals surface area contributed by atoms with E-state index in [2.05, 4.69) is 10.1 Å². The Labute approximate surface area is 220 Å². The number of nitrogens with zero attached hydrogens (tertiary/aromatic N) is 3. The molecular weight excluding hydrogens is 514 g/mol. The van der Waals surface area contributed by atoms with Gasteiger partial charge in [-0.3, -0.25) is 4.79 Å². The summed E-state index contributed by atoms with van der Waals surface area (Å²) in [4.78, 5) is 29.0. The standard InChI is InChI=1S/C27H20ClN3O7/c1-35-20-8-5-9-21-17(20)12-23(38-21)26-30-19-7-4-3-6-16(19)27(34)31(26)29-13-15-10-18(28)25(22(11-15)36-2)37-14-24(32)33/h3-13H,14H2,1-2H3,(H,32,33). The van der Waals surface area contributed by atoms with Crippen molar-refractivity contribution < 1.29 is 28.5 Å². The van der Waals surface area contributed by atoms with Crippen LogP contribution in [-0.4, -0.2) is 47.8 Å². The smallest absolute Gasteiger partial charge is 0.341 e. The molecule has 38 heavy (non-hydrogen) atoms. The Morgan fingerprint density at radius 2 is 1.87 bits per heavy atom. The van der Waals surface area contributed by atoms with E-state index in [-0.39, 0.29) is 22.3 Å². The minimum atomic E-state index is -1.16. The van der Waals surface area contributed by atoms with Crippen LogP contribution < -0.4 is 19.8 Å². The molecule has 0 saturated carbocycles. The molecule has 0 aliphatic carbocycles. The fraction of sp³-hybridized carbons (Fsp3) is 0.111. The summed E-state index contributed by atoms with van der Waals surface area (Å²) >= 11 is 6.32. The first-order valence-electron chi connectivity index (χ1n) is 11.2. The fourth-order valence-electron chi connectivity index (χ4n) is 3.93. The van der Waals surface area contributed by atoms with Crippen molar-refractivity contribution in [2.45, 2.75) is 0 Å². The predicted octanol–water partition coefficient (Wildman–Crippen LogP) is 4.83. The number of carboxylic acid groups (broad SMARTS) is 1. The molecule has 10 nitrogen and oxygen atoms in total. The number of hydrogen-bond acceptors (Lipinski definition) is 8. The Bertz CT molecular complexity index is 1770. The highest BCUT2D eigenvalue weighted by Crippen LogP contribution is 2.36. The van der Waals surface area contributed by atoms with Crippen LogP contribution in [0.3, 0.4) is 0 Å². The van der Waals surface area contributed by atoms with E-state index in [0.29, 0.717) is 33.6 Å². The molecule has 5 aromatic rings. The van der Waals surface area contributed by atoms with Crippen molar-refractivity contribution >= 4 is 45.7 Å². The van der Waals surface area contributed by atoms with Crippen molar-refractivity contribution in [3.8, 4) is 28.8 Å². The molecule has 11 heteroatoms. The molecule has 0 bridgehead atoms. The third kappa shape index (κ3) is 4.64. The second-order valence-electron chi connectivity index (χ2n) is 8.01. The number of fused-ring (bicyclic) bond motifs is 2. The Kier molecular flexibility index (Phi) is 6.71. The molecule has 0 spiro atoms. The first kappa shape index (κ1) is 24.8. The van der Waals surface area contributed by atoms with Crippen LogP contribution in [0, 0.1) is 0 Å². The minimum absolute atomic E-state index is 0.0789. The van der Waals surface area contributed by atoms with E-state index in [1.54, 1.807) is 55.6 Å². The molecule has 0 saturated heterocycles. The van der Waals surface area contributed by atoms with Gasteiger partial charge >= 0.3 is 5.97 Å². The second-order valence-corrected chi connectivity index (χ2v) is 8.42. The highest BCUT2D eigenvalue weighted by atomic mass is 35.5. The van der Waals surface area contributed by atoms with Gasteiger partial charge in [-0.25, -0.2) is 9.78 Å². The summed E-state index contributed by atoms with van der Waals surface area (Å²) in [5.41, 5.74) is 1.10. The van der Waals surface area contributed by atoms with Crippen LogP contribution in [0.2, 0.25) is 5.02 Å². The van der Waals surface area contributed by atoms with Gasteiger partial charge in [0.1, 0.15) is 11.3 Å². The van der Waals surface area contributed by atoms with Crippen molar-refractivity contribution in [2.75, 3.05) is 20.8 Å². The SMILES string of the molecule is COc1cc(C=Nn2c(-c3cc4c(OC)cccc4o3)nc3ccccc3c2=O)cc(Cl)c1OCC(=O)O. The summed E-state index contributed by atoms with van der Waals surface area (Å²) in [6.07, 6.45) is 1.40. The molecule has 2 heterocycles. The zero-order chi connectivity index (χ0) is 26.8. The van der Waals surface area contributed by atoms with Gasteiger partial charge in [-0.1, -0.05) is 29.8 Å². The van der Waals surface area contributed by atoms with Gasteiger partial charge < -0.3 is 23.7 Å². The number of methoxy groups -OCH3 is 2. The summed E-state index contributed by atoms with van der Waals surface area (Å²) in [6.45, 7) is -0.590. The summed E-state index contributed by atoms with van der Waals surface area (Å²) in [5, 5.41) is 14.5. The van der Waals surface area contributed by atoms with Gasteiger partial charge in [0, 0.05) is 0 Å². The number of carbonyl (C=O) groups is 1. The fourth-order valence-corrected chi connectivity index (χ4v) is 4.20. The molecule has 3 aromatic carbocycles. The van der Waals surface area contributed by atoms with Gasteiger partial charge in [0.25, 0.3) is 5.56 Å². The number of aliphatic carboxylic acids is 1. The monoisotopic (exact) mass is 533 g/mol. The van der Waals surface area contributed by atoms with Crippen molar-refractivity contribution in [2.24, 2.45) is 5.10 Å². The Balaban J connectivity index is 1.64. The molecule has 0 aliphatic heterocycles. The Hall–Kier alpha value is -4.83. The van der Waals surface area contributed by atoms with Crippen molar-refractivity contribution in [1.29, 1.82) is 0 Å². The first-order chi connectivity index (χ1) is 18.4. The van der Waals surface area contributed by atoms with Gasteiger partial charge in [-0.2, -0.15) is 9.78 Å². The second kappa shape index (κ2) is 10.3. The summed E-state index contributed by atoms with van der Waals surface area (Å²) in [7, 11) is 2.96. The normalized spacial score (nSPS) is 11.3.